The fourth-order valence-corrected chi connectivity index (χ4v) is 3.49. The molecule has 0 aliphatic carbocycles. The van der Waals surface area contributed by atoms with Crippen molar-refractivity contribution in [2.24, 2.45) is 0 Å². The Labute approximate surface area is 194 Å². The highest BCUT2D eigenvalue weighted by atomic mass is 16.5. The van der Waals surface area contributed by atoms with Gasteiger partial charge in [0.05, 0.1) is 6.61 Å². The van der Waals surface area contributed by atoms with Crippen LogP contribution in [-0.4, -0.2) is 19.1 Å². The number of anilines is 1. The molecule has 0 radical (unpaired) electrons. The molecule has 0 aromatic heterocycles. The summed E-state index contributed by atoms with van der Waals surface area (Å²) in [5, 5.41) is 2.86. The Morgan fingerprint density at radius 2 is 1.36 bits per heavy atom. The van der Waals surface area contributed by atoms with Crippen LogP contribution in [0.15, 0.2) is 109 Å². The predicted molar refractivity (Wildman–Crippen MR) is 133 cm³/mol. The number of benzene rings is 4. The number of hydrogen-bond acceptors (Lipinski definition) is 3. The Balaban J connectivity index is 1.21. The van der Waals surface area contributed by atoms with E-state index in [9.17, 15) is 4.79 Å². The number of nitrogens with one attached hydrogen (secondary N) is 1. The lowest BCUT2D eigenvalue weighted by Crippen LogP contribution is -2.20. The van der Waals surface area contributed by atoms with Crippen LogP contribution in [0.4, 0.5) is 5.69 Å². The maximum Gasteiger partial charge on any atom is 0.262 e. The molecule has 4 heteroatoms. The largest absolute Gasteiger partial charge is 0.494 e. The van der Waals surface area contributed by atoms with E-state index >= 15 is 0 Å². The zero-order valence-electron chi connectivity index (χ0n) is 18.4. The van der Waals surface area contributed by atoms with E-state index in [-0.39, 0.29) is 12.5 Å². The first-order valence-electron chi connectivity index (χ1n) is 11.1. The summed E-state index contributed by atoms with van der Waals surface area (Å²) in [6, 6.07) is 35.6. The van der Waals surface area contributed by atoms with Crippen LogP contribution in [0.2, 0.25) is 0 Å². The Kier molecular flexibility index (Phi) is 7.74. The molecule has 0 saturated carbocycles. The molecule has 0 atom stereocenters. The van der Waals surface area contributed by atoms with Gasteiger partial charge in [0.25, 0.3) is 5.91 Å². The minimum atomic E-state index is -0.219. The van der Waals surface area contributed by atoms with Gasteiger partial charge in [-0.1, -0.05) is 78.9 Å². The molecule has 1 amide bonds. The van der Waals surface area contributed by atoms with E-state index < -0.39 is 0 Å². The number of amides is 1. The van der Waals surface area contributed by atoms with Crippen molar-refractivity contribution in [2.75, 3.05) is 18.5 Å². The summed E-state index contributed by atoms with van der Waals surface area (Å²) in [6.45, 7) is 0.557. The van der Waals surface area contributed by atoms with E-state index in [4.69, 9.17) is 9.47 Å². The second kappa shape index (κ2) is 11.5. The molecule has 1 N–H and O–H groups in total. The molecule has 4 nitrogen and oxygen atoms in total. The molecule has 4 aromatic carbocycles. The molecular weight excluding hydrogens is 410 g/mol. The maximum absolute atomic E-state index is 12.3. The third-order valence-corrected chi connectivity index (χ3v) is 5.17. The van der Waals surface area contributed by atoms with Crippen molar-refractivity contribution in [1.82, 2.24) is 0 Å². The summed E-state index contributed by atoms with van der Waals surface area (Å²) >= 11 is 0. The van der Waals surface area contributed by atoms with Crippen molar-refractivity contribution in [1.29, 1.82) is 0 Å². The van der Waals surface area contributed by atoms with Gasteiger partial charge in [-0.3, -0.25) is 4.79 Å². The molecule has 0 unspecified atom stereocenters. The number of aryl methyl sites for hydroxylation is 1. The van der Waals surface area contributed by atoms with Crippen molar-refractivity contribution < 1.29 is 14.3 Å². The van der Waals surface area contributed by atoms with Crippen LogP contribution in [-0.2, 0) is 11.2 Å². The van der Waals surface area contributed by atoms with Gasteiger partial charge in [-0.05, 0) is 53.8 Å². The zero-order chi connectivity index (χ0) is 22.7. The topological polar surface area (TPSA) is 47.6 Å². The molecule has 0 bridgehead atoms. The van der Waals surface area contributed by atoms with Crippen LogP contribution in [0.25, 0.3) is 11.1 Å². The summed E-state index contributed by atoms with van der Waals surface area (Å²) in [7, 11) is 0. The molecule has 33 heavy (non-hydrogen) atoms. The monoisotopic (exact) mass is 437 g/mol. The smallest absolute Gasteiger partial charge is 0.262 e. The summed E-state index contributed by atoms with van der Waals surface area (Å²) in [4.78, 5) is 12.3. The lowest BCUT2D eigenvalue weighted by atomic mass is 10.1. The minimum Gasteiger partial charge on any atom is -0.494 e. The van der Waals surface area contributed by atoms with Crippen LogP contribution in [0.3, 0.4) is 0 Å². The number of carbonyl (C=O) groups excluding carboxylic acids is 1. The van der Waals surface area contributed by atoms with Crippen LogP contribution in [0.5, 0.6) is 11.5 Å². The van der Waals surface area contributed by atoms with Gasteiger partial charge in [-0.25, -0.2) is 0 Å². The first-order valence-corrected chi connectivity index (χ1v) is 11.1. The molecule has 0 fully saturated rings. The third kappa shape index (κ3) is 6.97. The van der Waals surface area contributed by atoms with Gasteiger partial charge >= 0.3 is 0 Å². The molecule has 0 heterocycles. The quantitative estimate of drug-likeness (QED) is 0.293. The lowest BCUT2D eigenvalue weighted by Gasteiger charge is -2.10. The van der Waals surface area contributed by atoms with Gasteiger partial charge in [0.15, 0.2) is 6.61 Å². The van der Waals surface area contributed by atoms with Crippen LogP contribution < -0.4 is 14.8 Å². The van der Waals surface area contributed by atoms with Crippen LogP contribution in [0.1, 0.15) is 12.0 Å². The first-order chi connectivity index (χ1) is 16.3. The molecule has 0 spiro atoms. The van der Waals surface area contributed by atoms with Crippen molar-refractivity contribution in [3.8, 4) is 22.6 Å². The highest BCUT2D eigenvalue weighted by Crippen LogP contribution is 2.22. The molecule has 4 aromatic rings. The standard InChI is InChI=1S/C29H27NO3/c31-29(22-33-27-18-16-25(17-19-27)24-12-5-2-6-13-24)30-26-14-7-15-28(21-26)32-20-8-11-23-9-3-1-4-10-23/h1-7,9-10,12-19,21H,8,11,20,22H2,(H,30,31). The van der Waals surface area contributed by atoms with Crippen LogP contribution >= 0.6 is 0 Å². The molecule has 166 valence electrons. The molecule has 0 aliphatic rings. The number of carbonyl (C=O) groups is 1. The normalized spacial score (nSPS) is 10.4. The average molecular weight is 438 g/mol. The number of ether oxygens (including phenoxy) is 2. The summed E-state index contributed by atoms with van der Waals surface area (Å²) < 4.78 is 11.5. The van der Waals surface area contributed by atoms with Gasteiger partial charge < -0.3 is 14.8 Å². The zero-order valence-corrected chi connectivity index (χ0v) is 18.4. The maximum atomic E-state index is 12.3. The molecule has 4 rings (SSSR count). The highest BCUT2D eigenvalue weighted by molar-refractivity contribution is 5.92. The predicted octanol–water partition coefficient (Wildman–Crippen LogP) is 6.38. The van der Waals surface area contributed by atoms with Crippen molar-refractivity contribution in [3.05, 3.63) is 115 Å². The van der Waals surface area contributed by atoms with E-state index in [0.29, 0.717) is 18.0 Å². The Morgan fingerprint density at radius 1 is 0.667 bits per heavy atom. The summed E-state index contributed by atoms with van der Waals surface area (Å²) in [5.74, 6) is 1.17. The third-order valence-electron chi connectivity index (χ3n) is 5.17. The van der Waals surface area contributed by atoms with E-state index in [1.165, 1.54) is 5.56 Å². The van der Waals surface area contributed by atoms with Gasteiger partial charge in [0.1, 0.15) is 11.5 Å². The van der Waals surface area contributed by atoms with E-state index in [1.54, 1.807) is 0 Å². The summed E-state index contributed by atoms with van der Waals surface area (Å²) in [6.07, 6.45) is 1.90. The second-order valence-corrected chi connectivity index (χ2v) is 7.69. The molecule has 0 aliphatic heterocycles. The SMILES string of the molecule is O=C(COc1ccc(-c2ccccc2)cc1)Nc1cccc(OCCCc2ccccc2)c1. The molecular formula is C29H27NO3. The molecule has 0 saturated heterocycles. The fraction of sp³-hybridized carbons (Fsp3) is 0.138. The average Bonchev–Trinajstić information content (AvgIpc) is 2.87. The van der Waals surface area contributed by atoms with E-state index in [2.05, 4.69) is 29.6 Å². The lowest BCUT2D eigenvalue weighted by molar-refractivity contribution is -0.118. The number of rotatable bonds is 10. The second-order valence-electron chi connectivity index (χ2n) is 7.69. The van der Waals surface area contributed by atoms with Gasteiger partial charge in [0, 0.05) is 11.8 Å². The van der Waals surface area contributed by atoms with Gasteiger partial charge in [-0.2, -0.15) is 0 Å². The summed E-state index contributed by atoms with van der Waals surface area (Å²) in [5.41, 5.74) is 4.23. The highest BCUT2D eigenvalue weighted by Gasteiger charge is 2.06. The Morgan fingerprint density at radius 3 is 2.12 bits per heavy atom. The van der Waals surface area contributed by atoms with Crippen LogP contribution in [0, 0.1) is 0 Å². The van der Waals surface area contributed by atoms with Crippen molar-refractivity contribution in [3.63, 3.8) is 0 Å². The minimum absolute atomic E-state index is 0.0627. The van der Waals surface area contributed by atoms with Crippen molar-refractivity contribution >= 4 is 11.6 Å². The van der Waals surface area contributed by atoms with E-state index in [0.717, 1.165) is 29.7 Å². The van der Waals surface area contributed by atoms with E-state index in [1.807, 2.05) is 84.9 Å². The Hall–Kier alpha value is -4.05. The first kappa shape index (κ1) is 22.2. The van der Waals surface area contributed by atoms with Gasteiger partial charge in [-0.15, -0.1) is 0 Å². The number of hydrogen-bond donors (Lipinski definition) is 1. The van der Waals surface area contributed by atoms with Gasteiger partial charge in [0.2, 0.25) is 0 Å². The fourth-order valence-electron chi connectivity index (χ4n) is 3.49. The van der Waals surface area contributed by atoms with Crippen molar-refractivity contribution in [2.45, 2.75) is 12.8 Å². The Bertz CT molecular complexity index is 1140.